The fraction of sp³-hybridized carbons (Fsp3) is 0.222. The molecule has 0 saturated carbocycles. The summed E-state index contributed by atoms with van der Waals surface area (Å²) in [6.45, 7) is 1.78. The standard InChI is InChI=1S/C9H9ClN6O2/c1-5(9-12-4-13-15-9)14-8-6(10)2-11-3-7(8)16(17)18/h2-5H,1H3,(H,11,14)(H,12,13,15). The quantitative estimate of drug-likeness (QED) is 0.648. The number of halogens is 1. The monoisotopic (exact) mass is 268 g/mol. The highest BCUT2D eigenvalue weighted by Crippen LogP contribution is 2.32. The number of H-pyrrole nitrogens is 1. The Morgan fingerprint density at radius 3 is 2.94 bits per heavy atom. The van der Waals surface area contributed by atoms with Crippen molar-refractivity contribution in [2.75, 3.05) is 5.32 Å². The van der Waals surface area contributed by atoms with Crippen molar-refractivity contribution < 1.29 is 4.92 Å². The predicted molar refractivity (Wildman–Crippen MR) is 64.3 cm³/mol. The Morgan fingerprint density at radius 2 is 2.33 bits per heavy atom. The molecule has 1 unspecified atom stereocenters. The largest absolute Gasteiger partial charge is 0.368 e. The zero-order valence-electron chi connectivity index (χ0n) is 9.29. The molecule has 9 heteroatoms. The summed E-state index contributed by atoms with van der Waals surface area (Å²) in [7, 11) is 0. The Bertz CT molecular complexity index is 558. The van der Waals surface area contributed by atoms with Gasteiger partial charge in [0.05, 0.1) is 16.0 Å². The summed E-state index contributed by atoms with van der Waals surface area (Å²) in [6.07, 6.45) is 3.83. The molecule has 1 atom stereocenters. The zero-order valence-corrected chi connectivity index (χ0v) is 10.0. The Balaban J connectivity index is 2.31. The number of aromatic nitrogens is 4. The van der Waals surface area contributed by atoms with Crippen molar-refractivity contribution in [1.82, 2.24) is 20.2 Å². The maximum Gasteiger partial charge on any atom is 0.311 e. The van der Waals surface area contributed by atoms with E-state index in [1.807, 2.05) is 0 Å². The molecule has 2 rings (SSSR count). The van der Waals surface area contributed by atoms with Gasteiger partial charge in [-0.1, -0.05) is 11.6 Å². The van der Waals surface area contributed by atoms with Gasteiger partial charge in [0, 0.05) is 6.20 Å². The van der Waals surface area contributed by atoms with Crippen molar-refractivity contribution in [2.24, 2.45) is 0 Å². The van der Waals surface area contributed by atoms with Crippen LogP contribution < -0.4 is 5.32 Å². The first-order valence-electron chi connectivity index (χ1n) is 4.99. The topological polar surface area (TPSA) is 110 Å². The number of rotatable bonds is 4. The minimum absolute atomic E-state index is 0.176. The molecule has 8 nitrogen and oxygen atoms in total. The van der Waals surface area contributed by atoms with Crippen molar-refractivity contribution >= 4 is 23.0 Å². The third-order valence-electron chi connectivity index (χ3n) is 2.28. The SMILES string of the molecule is CC(Nc1c(Cl)cncc1[N+](=O)[O-])c1ncn[nH]1. The van der Waals surface area contributed by atoms with Gasteiger partial charge in [-0.15, -0.1) is 0 Å². The van der Waals surface area contributed by atoms with Gasteiger partial charge < -0.3 is 5.32 Å². The lowest BCUT2D eigenvalue weighted by Gasteiger charge is -2.13. The second kappa shape index (κ2) is 4.96. The Morgan fingerprint density at radius 1 is 1.56 bits per heavy atom. The highest BCUT2D eigenvalue weighted by atomic mass is 35.5. The molecule has 0 aliphatic rings. The first-order chi connectivity index (χ1) is 8.59. The Hall–Kier alpha value is -2.22. The number of hydrogen-bond acceptors (Lipinski definition) is 6. The molecule has 0 aliphatic carbocycles. The molecule has 2 aromatic rings. The van der Waals surface area contributed by atoms with Gasteiger partial charge in [0.15, 0.2) is 0 Å². The van der Waals surface area contributed by atoms with Gasteiger partial charge in [-0.05, 0) is 6.92 Å². The summed E-state index contributed by atoms with van der Waals surface area (Å²) in [4.78, 5) is 18.0. The molecule has 0 aromatic carbocycles. The molecule has 94 valence electrons. The summed E-state index contributed by atoms with van der Waals surface area (Å²) in [5.74, 6) is 0.553. The van der Waals surface area contributed by atoms with Crippen LogP contribution in [0.4, 0.5) is 11.4 Å². The van der Waals surface area contributed by atoms with E-state index in [0.717, 1.165) is 6.20 Å². The van der Waals surface area contributed by atoms with Crippen LogP contribution in [-0.2, 0) is 0 Å². The average molecular weight is 269 g/mol. The molecular formula is C9H9ClN6O2. The minimum atomic E-state index is -0.547. The normalized spacial score (nSPS) is 12.1. The van der Waals surface area contributed by atoms with Crippen molar-refractivity contribution in [2.45, 2.75) is 13.0 Å². The van der Waals surface area contributed by atoms with Gasteiger partial charge in [0.25, 0.3) is 0 Å². The average Bonchev–Trinajstić information content (AvgIpc) is 2.85. The first-order valence-corrected chi connectivity index (χ1v) is 5.37. The lowest BCUT2D eigenvalue weighted by molar-refractivity contribution is -0.384. The van der Waals surface area contributed by atoms with Crippen molar-refractivity contribution in [1.29, 1.82) is 0 Å². The van der Waals surface area contributed by atoms with E-state index in [-0.39, 0.29) is 22.4 Å². The van der Waals surface area contributed by atoms with Crippen LogP contribution in [0.1, 0.15) is 18.8 Å². The van der Waals surface area contributed by atoms with Crippen molar-refractivity contribution in [3.8, 4) is 0 Å². The zero-order chi connectivity index (χ0) is 13.1. The van der Waals surface area contributed by atoms with Crippen molar-refractivity contribution in [3.05, 3.63) is 39.7 Å². The fourth-order valence-corrected chi connectivity index (χ4v) is 1.62. The van der Waals surface area contributed by atoms with Crippen LogP contribution in [0.5, 0.6) is 0 Å². The fourth-order valence-electron chi connectivity index (χ4n) is 1.41. The van der Waals surface area contributed by atoms with E-state index in [4.69, 9.17) is 11.6 Å². The minimum Gasteiger partial charge on any atom is -0.368 e. The number of hydrogen-bond donors (Lipinski definition) is 2. The molecule has 0 bridgehead atoms. The van der Waals surface area contributed by atoms with Crippen LogP contribution in [0.25, 0.3) is 0 Å². The van der Waals surface area contributed by atoms with Gasteiger partial charge in [-0.3, -0.25) is 20.2 Å². The lowest BCUT2D eigenvalue weighted by Crippen LogP contribution is -2.10. The summed E-state index contributed by atoms with van der Waals surface area (Å²) in [6, 6.07) is -0.300. The molecule has 0 spiro atoms. The van der Waals surface area contributed by atoms with Crippen molar-refractivity contribution in [3.63, 3.8) is 0 Å². The van der Waals surface area contributed by atoms with Gasteiger partial charge in [0.2, 0.25) is 0 Å². The molecule has 2 aromatic heterocycles. The molecular weight excluding hydrogens is 260 g/mol. The third kappa shape index (κ3) is 2.38. The molecule has 2 heterocycles. The maximum atomic E-state index is 10.9. The third-order valence-corrected chi connectivity index (χ3v) is 2.57. The van der Waals surface area contributed by atoms with Gasteiger partial charge in [-0.25, -0.2) is 4.98 Å². The number of nitrogens with zero attached hydrogens (tertiary/aromatic N) is 4. The second-order valence-corrected chi connectivity index (χ2v) is 3.92. The van der Waals surface area contributed by atoms with E-state index < -0.39 is 4.92 Å². The van der Waals surface area contributed by atoms with E-state index in [9.17, 15) is 10.1 Å². The maximum absolute atomic E-state index is 10.9. The Kier molecular flexibility index (Phi) is 3.38. The summed E-state index contributed by atoms with van der Waals surface area (Å²) in [5, 5.41) is 20.3. The van der Waals surface area contributed by atoms with Gasteiger partial charge >= 0.3 is 5.69 Å². The molecule has 0 aliphatic heterocycles. The van der Waals surface area contributed by atoms with E-state index in [1.165, 1.54) is 12.5 Å². The number of anilines is 1. The van der Waals surface area contributed by atoms with E-state index >= 15 is 0 Å². The highest BCUT2D eigenvalue weighted by Gasteiger charge is 2.20. The summed E-state index contributed by atoms with van der Waals surface area (Å²) in [5.41, 5.74) is 0.0226. The van der Waals surface area contributed by atoms with Gasteiger partial charge in [0.1, 0.15) is 24.0 Å². The van der Waals surface area contributed by atoms with Crippen LogP contribution in [-0.4, -0.2) is 25.1 Å². The first kappa shape index (κ1) is 12.2. The van der Waals surface area contributed by atoms with Gasteiger partial charge in [-0.2, -0.15) is 5.10 Å². The molecule has 0 radical (unpaired) electrons. The molecule has 0 fully saturated rings. The molecule has 0 amide bonds. The van der Waals surface area contributed by atoms with Crippen LogP contribution >= 0.6 is 11.6 Å². The summed E-state index contributed by atoms with van der Waals surface area (Å²) < 4.78 is 0. The molecule has 2 N–H and O–H groups in total. The molecule has 18 heavy (non-hydrogen) atoms. The van der Waals surface area contributed by atoms with Crippen LogP contribution in [0, 0.1) is 10.1 Å². The van der Waals surface area contributed by atoms with Crippen LogP contribution in [0.3, 0.4) is 0 Å². The smallest absolute Gasteiger partial charge is 0.311 e. The second-order valence-electron chi connectivity index (χ2n) is 3.51. The number of pyridine rings is 1. The van der Waals surface area contributed by atoms with E-state index in [2.05, 4.69) is 25.5 Å². The van der Waals surface area contributed by atoms with Crippen LogP contribution in [0.15, 0.2) is 18.7 Å². The lowest BCUT2D eigenvalue weighted by atomic mass is 10.2. The van der Waals surface area contributed by atoms with E-state index in [0.29, 0.717) is 5.82 Å². The highest BCUT2D eigenvalue weighted by molar-refractivity contribution is 6.33. The summed E-state index contributed by atoms with van der Waals surface area (Å²) >= 11 is 5.90. The Labute approximate surface area is 107 Å². The number of aromatic amines is 1. The number of nitro groups is 1. The van der Waals surface area contributed by atoms with E-state index in [1.54, 1.807) is 6.92 Å². The molecule has 0 saturated heterocycles. The van der Waals surface area contributed by atoms with Crippen LogP contribution in [0.2, 0.25) is 5.02 Å². The predicted octanol–water partition coefficient (Wildman–Crippen LogP) is 1.93. The number of nitrogens with one attached hydrogen (secondary N) is 2.